The Hall–Kier alpha value is -3.51. The van der Waals surface area contributed by atoms with Gasteiger partial charge in [-0.3, -0.25) is 9.78 Å². The lowest BCUT2D eigenvalue weighted by atomic mass is 9.63. The zero-order chi connectivity index (χ0) is 22.9. The number of nitrogens with zero attached hydrogens (tertiary/aromatic N) is 2. The van der Waals surface area contributed by atoms with E-state index in [0.29, 0.717) is 17.1 Å². The molecule has 2 aromatic carbocycles. The van der Waals surface area contributed by atoms with Crippen LogP contribution in [-0.2, 0) is 11.0 Å². The first kappa shape index (κ1) is 21.7. The molecular weight excluding hydrogens is 400 g/mol. The summed E-state index contributed by atoms with van der Waals surface area (Å²) < 4.78 is 0. The molecule has 1 amide bonds. The van der Waals surface area contributed by atoms with Gasteiger partial charge in [-0.15, -0.1) is 0 Å². The molecule has 5 N–H and O–H groups in total. The Morgan fingerprint density at radius 2 is 1.59 bits per heavy atom. The van der Waals surface area contributed by atoms with E-state index in [4.69, 9.17) is 11.5 Å². The van der Waals surface area contributed by atoms with E-state index in [0.717, 1.165) is 41.6 Å². The molecule has 0 atom stereocenters. The highest BCUT2D eigenvalue weighted by molar-refractivity contribution is 6.06. The number of amides is 1. The van der Waals surface area contributed by atoms with Crippen molar-refractivity contribution in [2.75, 3.05) is 5.73 Å². The summed E-state index contributed by atoms with van der Waals surface area (Å²) in [4.78, 5) is 21.1. The summed E-state index contributed by atoms with van der Waals surface area (Å²) >= 11 is 0. The van der Waals surface area contributed by atoms with Gasteiger partial charge in [-0.2, -0.15) is 4.99 Å². The molecule has 1 fully saturated rings. The number of pyridine rings is 1. The molecule has 3 aromatic rings. The van der Waals surface area contributed by atoms with Gasteiger partial charge in [-0.25, -0.2) is 0 Å². The summed E-state index contributed by atoms with van der Waals surface area (Å²) in [5, 5.41) is 10.0. The highest BCUT2D eigenvalue weighted by Gasteiger charge is 2.42. The quantitative estimate of drug-likeness (QED) is 0.320. The Kier molecular flexibility index (Phi) is 5.57. The molecule has 1 aliphatic carbocycles. The van der Waals surface area contributed by atoms with Crippen LogP contribution in [0.2, 0.25) is 0 Å². The van der Waals surface area contributed by atoms with E-state index < -0.39 is 16.9 Å². The van der Waals surface area contributed by atoms with Gasteiger partial charge in [0.2, 0.25) is 0 Å². The average Bonchev–Trinajstić information content (AvgIpc) is 2.73. The number of rotatable bonds is 5. The number of benzene rings is 2. The molecule has 0 bridgehead atoms. The molecule has 0 spiro atoms. The minimum absolute atomic E-state index is 0.334. The number of nitrogen functional groups attached to an aromatic ring is 1. The number of carbonyl (C=O) groups excluding carboxylic acids is 1. The van der Waals surface area contributed by atoms with Crippen molar-refractivity contribution >= 4 is 17.4 Å². The Morgan fingerprint density at radius 1 is 1.00 bits per heavy atom. The van der Waals surface area contributed by atoms with Crippen molar-refractivity contribution in [1.82, 2.24) is 4.98 Å². The van der Waals surface area contributed by atoms with Gasteiger partial charge in [-0.1, -0.05) is 42.8 Å². The van der Waals surface area contributed by atoms with Crippen LogP contribution in [0.15, 0.2) is 71.9 Å². The molecule has 0 saturated heterocycles. The van der Waals surface area contributed by atoms with Crippen molar-refractivity contribution in [3.05, 3.63) is 83.7 Å². The fraction of sp³-hybridized carbons (Fsp3) is 0.269. The zero-order valence-corrected chi connectivity index (χ0v) is 18.4. The van der Waals surface area contributed by atoms with Crippen LogP contribution in [-0.4, -0.2) is 21.8 Å². The molecule has 6 nitrogen and oxygen atoms in total. The van der Waals surface area contributed by atoms with Gasteiger partial charge in [-0.05, 0) is 67.6 Å². The molecule has 164 valence electrons. The van der Waals surface area contributed by atoms with Gasteiger partial charge in [0.05, 0.1) is 16.7 Å². The number of anilines is 1. The molecule has 1 aliphatic rings. The summed E-state index contributed by atoms with van der Waals surface area (Å²) in [6.07, 6.45) is 4.17. The topological polar surface area (TPSA) is 115 Å². The summed E-state index contributed by atoms with van der Waals surface area (Å²) in [6.45, 7) is 3.29. The van der Waals surface area contributed by atoms with E-state index in [1.165, 1.54) is 6.20 Å². The van der Waals surface area contributed by atoms with E-state index in [-0.39, 0.29) is 0 Å². The molecule has 6 heteroatoms. The summed E-state index contributed by atoms with van der Waals surface area (Å²) in [6, 6.07) is 19.3. The number of aliphatic imine (C=N–C) groups is 1. The molecule has 1 saturated carbocycles. The van der Waals surface area contributed by atoms with Crippen molar-refractivity contribution in [3.8, 4) is 11.1 Å². The average molecular weight is 429 g/mol. The third kappa shape index (κ3) is 4.14. The third-order valence-electron chi connectivity index (χ3n) is 6.24. The number of nitrogens with two attached hydrogens (primary N) is 2. The van der Waals surface area contributed by atoms with Gasteiger partial charge < -0.3 is 16.6 Å². The molecule has 0 aliphatic heterocycles. The first-order valence-corrected chi connectivity index (χ1v) is 10.7. The van der Waals surface area contributed by atoms with E-state index in [9.17, 15) is 9.90 Å². The lowest BCUT2D eigenvalue weighted by Crippen LogP contribution is -2.47. The van der Waals surface area contributed by atoms with Crippen LogP contribution in [0.25, 0.3) is 11.1 Å². The van der Waals surface area contributed by atoms with Crippen LogP contribution >= 0.6 is 0 Å². The second-order valence-corrected chi connectivity index (χ2v) is 8.93. The number of carbonyl (C=O) groups is 1. The minimum Gasteiger partial charge on any atom is -0.399 e. The van der Waals surface area contributed by atoms with Crippen molar-refractivity contribution in [2.45, 2.75) is 44.1 Å². The van der Waals surface area contributed by atoms with Gasteiger partial charge in [0.25, 0.3) is 5.91 Å². The highest BCUT2D eigenvalue weighted by atomic mass is 16.3. The summed E-state index contributed by atoms with van der Waals surface area (Å²) in [7, 11) is 0. The monoisotopic (exact) mass is 428 g/mol. The molecule has 32 heavy (non-hydrogen) atoms. The maximum absolute atomic E-state index is 12.7. The van der Waals surface area contributed by atoms with E-state index in [2.05, 4.69) is 34.2 Å². The SMILES string of the molecule is CC(C)(O)c1ccc(C(=O)N=C(N)C2(c3ccc(-c4ccc(N)cc4)cc3)CCC2)cn1. The fourth-order valence-corrected chi connectivity index (χ4v) is 4.04. The Morgan fingerprint density at radius 3 is 2.06 bits per heavy atom. The summed E-state index contributed by atoms with van der Waals surface area (Å²) in [5.74, 6) is -0.0948. The van der Waals surface area contributed by atoms with Gasteiger partial charge >= 0.3 is 0 Å². The van der Waals surface area contributed by atoms with E-state index >= 15 is 0 Å². The smallest absolute Gasteiger partial charge is 0.280 e. The van der Waals surface area contributed by atoms with Crippen LogP contribution < -0.4 is 11.5 Å². The molecule has 1 heterocycles. The van der Waals surface area contributed by atoms with Crippen LogP contribution in [0, 0.1) is 0 Å². The van der Waals surface area contributed by atoms with Crippen molar-refractivity contribution < 1.29 is 9.90 Å². The van der Waals surface area contributed by atoms with Gasteiger partial charge in [0, 0.05) is 11.9 Å². The fourth-order valence-electron chi connectivity index (χ4n) is 4.04. The second kappa shape index (κ2) is 8.20. The normalized spacial score (nSPS) is 15.8. The number of aromatic nitrogens is 1. The van der Waals surface area contributed by atoms with Gasteiger partial charge in [0.15, 0.2) is 0 Å². The molecule has 0 unspecified atom stereocenters. The largest absolute Gasteiger partial charge is 0.399 e. The molecule has 1 aromatic heterocycles. The number of hydrogen-bond acceptors (Lipinski definition) is 4. The predicted molar refractivity (Wildman–Crippen MR) is 127 cm³/mol. The van der Waals surface area contributed by atoms with Crippen molar-refractivity contribution in [1.29, 1.82) is 0 Å². The molecular formula is C26H28N4O2. The van der Waals surface area contributed by atoms with E-state index in [1.807, 2.05) is 24.3 Å². The Labute approximate surface area is 188 Å². The predicted octanol–water partition coefficient (Wildman–Crippen LogP) is 4.18. The van der Waals surface area contributed by atoms with Crippen molar-refractivity contribution in [2.24, 2.45) is 10.7 Å². The van der Waals surface area contributed by atoms with Crippen LogP contribution in [0.3, 0.4) is 0 Å². The highest BCUT2D eigenvalue weighted by Crippen LogP contribution is 2.44. The summed E-state index contributed by atoms with van der Waals surface area (Å²) in [5.41, 5.74) is 15.5. The van der Waals surface area contributed by atoms with Crippen molar-refractivity contribution in [3.63, 3.8) is 0 Å². The number of amidine groups is 1. The third-order valence-corrected chi connectivity index (χ3v) is 6.24. The first-order chi connectivity index (χ1) is 15.2. The minimum atomic E-state index is -1.07. The maximum Gasteiger partial charge on any atom is 0.280 e. The number of aliphatic hydroxyl groups is 1. The lowest BCUT2D eigenvalue weighted by molar-refractivity contribution is 0.0737. The lowest BCUT2D eigenvalue weighted by Gasteiger charge is -2.41. The standard InChI is InChI=1S/C26H28N4O2/c1-25(2,32)22-13-8-19(16-29-22)23(31)30-24(28)26(14-3-15-26)20-9-4-17(5-10-20)18-6-11-21(27)12-7-18/h4-13,16,32H,3,14-15,27H2,1-2H3,(H2,28,30,31). The Balaban J connectivity index is 1.57. The first-order valence-electron chi connectivity index (χ1n) is 10.7. The maximum atomic E-state index is 12.7. The zero-order valence-electron chi connectivity index (χ0n) is 18.4. The number of hydrogen-bond donors (Lipinski definition) is 3. The van der Waals surface area contributed by atoms with E-state index in [1.54, 1.807) is 26.0 Å². The van der Waals surface area contributed by atoms with Crippen LogP contribution in [0.1, 0.15) is 54.7 Å². The molecule has 4 rings (SSSR count). The van der Waals surface area contributed by atoms with Crippen LogP contribution in [0.5, 0.6) is 0 Å². The van der Waals surface area contributed by atoms with Crippen LogP contribution in [0.4, 0.5) is 5.69 Å². The molecule has 0 radical (unpaired) electrons. The second-order valence-electron chi connectivity index (χ2n) is 8.93. The van der Waals surface area contributed by atoms with Gasteiger partial charge in [0.1, 0.15) is 11.4 Å². The Bertz CT molecular complexity index is 1140.